The maximum atomic E-state index is 12.3. The van der Waals surface area contributed by atoms with Crippen molar-refractivity contribution in [1.82, 2.24) is 5.32 Å². The Hall–Kier alpha value is -1.80. The lowest BCUT2D eigenvalue weighted by Gasteiger charge is -2.29. The van der Waals surface area contributed by atoms with Crippen LogP contribution in [0.3, 0.4) is 0 Å². The lowest BCUT2D eigenvalue weighted by molar-refractivity contribution is -0.121. The predicted octanol–water partition coefficient (Wildman–Crippen LogP) is 1.27. The van der Waals surface area contributed by atoms with Gasteiger partial charge in [-0.2, -0.15) is 0 Å². The first-order valence-electron chi connectivity index (χ1n) is 8.49. The summed E-state index contributed by atoms with van der Waals surface area (Å²) in [4.78, 5) is 12.3. The maximum absolute atomic E-state index is 12.3. The molecule has 1 saturated carbocycles. The number of aliphatic hydroxyl groups excluding tert-OH is 1. The number of nitrogens with one attached hydrogen (secondary N) is 1. The number of benzene rings is 1. The van der Waals surface area contributed by atoms with E-state index in [9.17, 15) is 18.3 Å². The van der Waals surface area contributed by atoms with Gasteiger partial charge in [0.05, 0.1) is 30.7 Å². The van der Waals surface area contributed by atoms with E-state index in [0.717, 1.165) is 23.4 Å². The van der Waals surface area contributed by atoms with Crippen LogP contribution < -0.4 is 14.4 Å². The standard InChI is InChI=1S/C17H26N2O5S/c1-3-24-14-10-8-13(9-11-14)19(25(2,22)23)12-17(21)18-15-6-4-5-7-16(15)20/h8-11,15-16,20H,3-7,12H2,1-2H3,(H,18,21)/t15-,16-/m0/s1. The molecule has 0 bridgehead atoms. The fraction of sp³-hybridized carbons (Fsp3) is 0.588. The summed E-state index contributed by atoms with van der Waals surface area (Å²) in [7, 11) is -3.62. The van der Waals surface area contributed by atoms with Crippen LogP contribution in [0.2, 0.25) is 0 Å². The Morgan fingerprint density at radius 3 is 2.48 bits per heavy atom. The average molecular weight is 370 g/mol. The Kier molecular flexibility index (Phi) is 6.66. The van der Waals surface area contributed by atoms with E-state index in [1.165, 1.54) is 0 Å². The molecule has 0 spiro atoms. The molecule has 2 rings (SSSR count). The predicted molar refractivity (Wildman–Crippen MR) is 96.2 cm³/mol. The summed E-state index contributed by atoms with van der Waals surface area (Å²) in [5.74, 6) is 0.208. The van der Waals surface area contributed by atoms with Crippen LogP contribution in [0.25, 0.3) is 0 Å². The molecule has 1 fully saturated rings. The van der Waals surface area contributed by atoms with E-state index in [0.29, 0.717) is 30.9 Å². The molecule has 1 aromatic carbocycles. The van der Waals surface area contributed by atoms with E-state index in [1.807, 2.05) is 6.92 Å². The highest BCUT2D eigenvalue weighted by Crippen LogP contribution is 2.22. The number of hydrogen-bond donors (Lipinski definition) is 2. The first kappa shape index (κ1) is 19.5. The number of nitrogens with zero attached hydrogens (tertiary/aromatic N) is 1. The second-order valence-electron chi connectivity index (χ2n) is 6.22. The first-order chi connectivity index (χ1) is 11.8. The summed E-state index contributed by atoms with van der Waals surface area (Å²) < 4.78 is 30.6. The minimum atomic E-state index is -3.62. The van der Waals surface area contributed by atoms with E-state index in [2.05, 4.69) is 5.32 Å². The zero-order chi connectivity index (χ0) is 18.4. The van der Waals surface area contributed by atoms with Crippen LogP contribution in [0, 0.1) is 0 Å². The fourth-order valence-corrected chi connectivity index (χ4v) is 3.79. The molecule has 2 atom stereocenters. The fourth-order valence-electron chi connectivity index (χ4n) is 2.94. The van der Waals surface area contributed by atoms with Crippen molar-refractivity contribution in [3.63, 3.8) is 0 Å². The van der Waals surface area contributed by atoms with Crippen molar-refractivity contribution < 1.29 is 23.1 Å². The van der Waals surface area contributed by atoms with Gasteiger partial charge in [-0.3, -0.25) is 9.10 Å². The Morgan fingerprint density at radius 1 is 1.28 bits per heavy atom. The topological polar surface area (TPSA) is 95.9 Å². The third-order valence-electron chi connectivity index (χ3n) is 4.20. The SMILES string of the molecule is CCOc1ccc(N(CC(=O)N[C@H]2CCCC[C@@H]2O)S(C)(=O)=O)cc1. The van der Waals surface area contributed by atoms with Gasteiger partial charge in [-0.15, -0.1) is 0 Å². The van der Waals surface area contributed by atoms with E-state index in [1.54, 1.807) is 24.3 Å². The van der Waals surface area contributed by atoms with Crippen LogP contribution in [-0.2, 0) is 14.8 Å². The molecule has 7 nitrogen and oxygen atoms in total. The summed E-state index contributed by atoms with van der Waals surface area (Å²) in [5, 5.41) is 12.7. The van der Waals surface area contributed by atoms with Crippen molar-refractivity contribution in [2.75, 3.05) is 23.7 Å². The quantitative estimate of drug-likeness (QED) is 0.754. The summed E-state index contributed by atoms with van der Waals surface area (Å²) in [6, 6.07) is 6.23. The number of aliphatic hydroxyl groups is 1. The van der Waals surface area contributed by atoms with Crippen LogP contribution in [0.5, 0.6) is 5.75 Å². The first-order valence-corrected chi connectivity index (χ1v) is 10.3. The van der Waals surface area contributed by atoms with Gasteiger partial charge in [0.25, 0.3) is 0 Å². The lowest BCUT2D eigenvalue weighted by atomic mass is 9.92. The molecule has 8 heteroatoms. The van der Waals surface area contributed by atoms with E-state index in [-0.39, 0.29) is 12.6 Å². The summed E-state index contributed by atoms with van der Waals surface area (Å²) in [5.41, 5.74) is 0.394. The van der Waals surface area contributed by atoms with Gasteiger partial charge in [0, 0.05) is 0 Å². The smallest absolute Gasteiger partial charge is 0.241 e. The number of rotatable bonds is 7. The molecule has 25 heavy (non-hydrogen) atoms. The van der Waals surface area contributed by atoms with Gasteiger partial charge in [-0.25, -0.2) is 8.42 Å². The Balaban J connectivity index is 2.08. The van der Waals surface area contributed by atoms with Gasteiger partial charge in [0.1, 0.15) is 12.3 Å². The van der Waals surface area contributed by atoms with Crippen LogP contribution >= 0.6 is 0 Å². The third-order valence-corrected chi connectivity index (χ3v) is 5.34. The zero-order valence-electron chi connectivity index (χ0n) is 14.6. The third kappa shape index (κ3) is 5.61. The van der Waals surface area contributed by atoms with Crippen LogP contribution in [-0.4, -0.2) is 51.0 Å². The molecule has 0 aromatic heterocycles. The highest BCUT2D eigenvalue weighted by atomic mass is 32.2. The Morgan fingerprint density at radius 2 is 1.92 bits per heavy atom. The van der Waals surface area contributed by atoms with Gasteiger partial charge in [0.2, 0.25) is 15.9 Å². The van der Waals surface area contributed by atoms with E-state index < -0.39 is 22.0 Å². The largest absolute Gasteiger partial charge is 0.494 e. The van der Waals surface area contributed by atoms with Gasteiger partial charge in [0.15, 0.2) is 0 Å². The second kappa shape index (κ2) is 8.53. The second-order valence-corrected chi connectivity index (χ2v) is 8.13. The summed E-state index contributed by atoms with van der Waals surface area (Å²) in [6.07, 6.45) is 3.72. The molecule has 1 amide bonds. The molecule has 2 N–H and O–H groups in total. The van der Waals surface area contributed by atoms with E-state index in [4.69, 9.17) is 4.74 Å². The number of amides is 1. The van der Waals surface area contributed by atoms with Crippen molar-refractivity contribution in [3.05, 3.63) is 24.3 Å². The van der Waals surface area contributed by atoms with Crippen molar-refractivity contribution >= 4 is 21.6 Å². The van der Waals surface area contributed by atoms with Crippen LogP contribution in [0.15, 0.2) is 24.3 Å². The molecule has 0 heterocycles. The number of anilines is 1. The number of sulfonamides is 1. The zero-order valence-corrected chi connectivity index (χ0v) is 15.5. The minimum Gasteiger partial charge on any atom is -0.494 e. The van der Waals surface area contributed by atoms with Gasteiger partial charge >= 0.3 is 0 Å². The van der Waals surface area contributed by atoms with Crippen LogP contribution in [0.4, 0.5) is 5.69 Å². The van der Waals surface area contributed by atoms with Gasteiger partial charge in [-0.1, -0.05) is 12.8 Å². The molecule has 0 saturated heterocycles. The molecule has 1 aromatic rings. The molecular weight excluding hydrogens is 344 g/mol. The van der Waals surface area contributed by atoms with Crippen LogP contribution in [0.1, 0.15) is 32.6 Å². The van der Waals surface area contributed by atoms with Gasteiger partial charge in [-0.05, 0) is 44.0 Å². The lowest BCUT2D eigenvalue weighted by Crippen LogP contribution is -2.49. The van der Waals surface area contributed by atoms with Crippen molar-refractivity contribution in [3.8, 4) is 5.75 Å². The molecule has 0 radical (unpaired) electrons. The maximum Gasteiger partial charge on any atom is 0.241 e. The molecule has 0 unspecified atom stereocenters. The molecular formula is C17H26N2O5S. The van der Waals surface area contributed by atoms with Crippen molar-refractivity contribution in [2.45, 2.75) is 44.8 Å². The Labute approximate surface area is 149 Å². The highest BCUT2D eigenvalue weighted by molar-refractivity contribution is 7.92. The normalized spacial score (nSPS) is 20.8. The average Bonchev–Trinajstić information content (AvgIpc) is 2.55. The number of carbonyl (C=O) groups excluding carboxylic acids is 1. The monoisotopic (exact) mass is 370 g/mol. The summed E-state index contributed by atoms with van der Waals surface area (Å²) in [6.45, 7) is 2.05. The molecule has 0 aliphatic heterocycles. The molecule has 1 aliphatic rings. The highest BCUT2D eigenvalue weighted by Gasteiger charge is 2.27. The molecule has 140 valence electrons. The number of hydrogen-bond acceptors (Lipinski definition) is 5. The van der Waals surface area contributed by atoms with Crippen molar-refractivity contribution in [1.29, 1.82) is 0 Å². The number of ether oxygens (including phenoxy) is 1. The van der Waals surface area contributed by atoms with Crippen molar-refractivity contribution in [2.24, 2.45) is 0 Å². The minimum absolute atomic E-state index is 0.317. The van der Waals surface area contributed by atoms with E-state index >= 15 is 0 Å². The Bertz CT molecular complexity index is 675. The molecule has 1 aliphatic carbocycles. The summed E-state index contributed by atoms with van der Waals surface area (Å²) >= 11 is 0. The number of carbonyl (C=O) groups is 1. The van der Waals surface area contributed by atoms with Gasteiger partial charge < -0.3 is 15.2 Å².